The van der Waals surface area contributed by atoms with E-state index in [1.165, 1.54) is 44.9 Å². The highest BCUT2D eigenvalue weighted by Gasteiger charge is 2.07. The topological polar surface area (TPSA) is 66.4 Å². The van der Waals surface area contributed by atoms with Gasteiger partial charge in [0.2, 0.25) is 10.0 Å². The molecule has 0 aromatic heterocycles. The summed E-state index contributed by atoms with van der Waals surface area (Å²) >= 11 is 0. The van der Waals surface area contributed by atoms with Gasteiger partial charge in [0, 0.05) is 6.54 Å². The lowest BCUT2D eigenvalue weighted by molar-refractivity contribution is 0.301. The van der Waals surface area contributed by atoms with Crippen molar-refractivity contribution in [2.24, 2.45) is 0 Å². The van der Waals surface area contributed by atoms with Gasteiger partial charge >= 0.3 is 0 Å². The van der Waals surface area contributed by atoms with Crippen molar-refractivity contribution in [3.63, 3.8) is 0 Å². The van der Waals surface area contributed by atoms with Gasteiger partial charge in [0.25, 0.3) is 0 Å². The minimum atomic E-state index is -3.16. The molecule has 4 nitrogen and oxygen atoms in total. The first-order valence-corrected chi connectivity index (χ1v) is 9.36. The average molecular weight is 293 g/mol. The number of unbranched alkanes of at least 4 members (excludes halogenated alkanes) is 9. The molecule has 0 atom stereocenters. The molecule has 0 heterocycles. The third-order valence-corrected chi connectivity index (χ3v) is 4.67. The molecule has 0 saturated heterocycles. The minimum Gasteiger partial charge on any atom is -0.395 e. The fraction of sp³-hybridized carbons (Fsp3) is 1.00. The summed E-state index contributed by atoms with van der Waals surface area (Å²) in [5.41, 5.74) is 0. The van der Waals surface area contributed by atoms with E-state index in [0.717, 1.165) is 19.3 Å². The third-order valence-electron chi connectivity index (χ3n) is 3.20. The Bertz CT molecular complexity index is 278. The molecule has 19 heavy (non-hydrogen) atoms. The normalized spacial score (nSPS) is 11.9. The predicted octanol–water partition coefficient (Wildman–Crippen LogP) is 2.82. The minimum absolute atomic E-state index is 0.125. The molecule has 2 N–H and O–H groups in total. The van der Waals surface area contributed by atoms with Crippen molar-refractivity contribution in [1.29, 1.82) is 0 Å². The number of hydrogen-bond acceptors (Lipinski definition) is 3. The van der Waals surface area contributed by atoms with Crippen LogP contribution in [0.25, 0.3) is 0 Å². The molecule has 0 aliphatic carbocycles. The number of hydrogen-bond donors (Lipinski definition) is 2. The van der Waals surface area contributed by atoms with E-state index in [9.17, 15) is 8.42 Å². The van der Waals surface area contributed by atoms with E-state index in [1.807, 2.05) is 0 Å². The summed E-state index contributed by atoms with van der Waals surface area (Å²) in [7, 11) is -3.16. The zero-order chi connectivity index (χ0) is 14.4. The van der Waals surface area contributed by atoms with Gasteiger partial charge in [0.15, 0.2) is 0 Å². The summed E-state index contributed by atoms with van der Waals surface area (Å²) in [4.78, 5) is 0. The summed E-state index contributed by atoms with van der Waals surface area (Å²) in [6, 6.07) is 0. The first-order chi connectivity index (χ1) is 9.12. The molecule has 0 radical (unpaired) electrons. The van der Waals surface area contributed by atoms with Gasteiger partial charge in [-0.25, -0.2) is 13.1 Å². The molecule has 0 unspecified atom stereocenters. The number of nitrogens with one attached hydrogen (secondary N) is 1. The fourth-order valence-electron chi connectivity index (χ4n) is 2.05. The maximum Gasteiger partial charge on any atom is 0.211 e. The van der Waals surface area contributed by atoms with Crippen LogP contribution >= 0.6 is 0 Å². The Balaban J connectivity index is 3.26. The molecular formula is C14H31NO3S. The lowest BCUT2D eigenvalue weighted by atomic mass is 10.1. The average Bonchev–Trinajstić information content (AvgIpc) is 2.38. The molecule has 0 bridgehead atoms. The van der Waals surface area contributed by atoms with Crippen molar-refractivity contribution in [3.05, 3.63) is 0 Å². The predicted molar refractivity (Wildman–Crippen MR) is 80.7 cm³/mol. The van der Waals surface area contributed by atoms with Crippen LogP contribution in [-0.4, -0.2) is 32.4 Å². The summed E-state index contributed by atoms with van der Waals surface area (Å²) in [6.07, 6.45) is 12.0. The standard InChI is InChI=1S/C14H31NO3S/c1-2-3-4-5-6-7-8-9-10-11-14-19(17,18)15-12-13-16/h15-16H,2-14H2,1H3. The van der Waals surface area contributed by atoms with Gasteiger partial charge < -0.3 is 5.11 Å². The number of aliphatic hydroxyl groups is 1. The van der Waals surface area contributed by atoms with Crippen molar-refractivity contribution in [2.75, 3.05) is 18.9 Å². The van der Waals surface area contributed by atoms with Crippen LogP contribution in [0.2, 0.25) is 0 Å². The second kappa shape index (κ2) is 12.9. The molecule has 0 amide bonds. The molecule has 0 aromatic rings. The highest BCUT2D eigenvalue weighted by Crippen LogP contribution is 2.10. The Morgan fingerprint density at radius 3 is 1.79 bits per heavy atom. The van der Waals surface area contributed by atoms with Crippen molar-refractivity contribution in [1.82, 2.24) is 4.72 Å². The van der Waals surface area contributed by atoms with Gasteiger partial charge in [0.1, 0.15) is 0 Å². The monoisotopic (exact) mass is 293 g/mol. The van der Waals surface area contributed by atoms with Crippen LogP contribution in [0.15, 0.2) is 0 Å². The van der Waals surface area contributed by atoms with Crippen molar-refractivity contribution in [2.45, 2.75) is 71.1 Å². The highest BCUT2D eigenvalue weighted by atomic mass is 32.2. The molecular weight excluding hydrogens is 262 g/mol. The fourth-order valence-corrected chi connectivity index (χ4v) is 3.18. The third kappa shape index (κ3) is 14.1. The van der Waals surface area contributed by atoms with E-state index in [-0.39, 0.29) is 18.9 Å². The van der Waals surface area contributed by atoms with Gasteiger partial charge in [-0.05, 0) is 6.42 Å². The maximum absolute atomic E-state index is 11.4. The van der Waals surface area contributed by atoms with Crippen LogP contribution in [0.4, 0.5) is 0 Å². The quantitative estimate of drug-likeness (QED) is 0.484. The SMILES string of the molecule is CCCCCCCCCCCCS(=O)(=O)NCCO. The largest absolute Gasteiger partial charge is 0.395 e. The van der Waals surface area contributed by atoms with E-state index in [1.54, 1.807) is 0 Å². The maximum atomic E-state index is 11.4. The van der Waals surface area contributed by atoms with E-state index in [2.05, 4.69) is 11.6 Å². The van der Waals surface area contributed by atoms with Gasteiger partial charge in [0.05, 0.1) is 12.4 Å². The first kappa shape index (κ1) is 18.9. The van der Waals surface area contributed by atoms with Gasteiger partial charge in [-0.2, -0.15) is 0 Å². The smallest absolute Gasteiger partial charge is 0.211 e. The lowest BCUT2D eigenvalue weighted by Gasteiger charge is -2.05. The molecule has 0 saturated carbocycles. The van der Waals surface area contributed by atoms with E-state index >= 15 is 0 Å². The highest BCUT2D eigenvalue weighted by molar-refractivity contribution is 7.89. The molecule has 0 aromatic carbocycles. The lowest BCUT2D eigenvalue weighted by Crippen LogP contribution is -2.28. The summed E-state index contributed by atoms with van der Waals surface area (Å²) in [5, 5.41) is 8.55. The number of rotatable bonds is 14. The summed E-state index contributed by atoms with van der Waals surface area (Å²) < 4.78 is 25.2. The molecule has 0 fully saturated rings. The molecule has 5 heteroatoms. The Morgan fingerprint density at radius 2 is 1.32 bits per heavy atom. The molecule has 0 aliphatic rings. The zero-order valence-electron chi connectivity index (χ0n) is 12.4. The second-order valence-electron chi connectivity index (χ2n) is 5.12. The van der Waals surface area contributed by atoms with Crippen molar-refractivity contribution in [3.8, 4) is 0 Å². The Kier molecular flexibility index (Phi) is 12.8. The molecule has 0 rings (SSSR count). The Hall–Kier alpha value is -0.130. The van der Waals surface area contributed by atoms with Gasteiger partial charge in [-0.3, -0.25) is 0 Å². The van der Waals surface area contributed by atoms with Crippen LogP contribution in [-0.2, 0) is 10.0 Å². The molecule has 116 valence electrons. The van der Waals surface area contributed by atoms with Gasteiger partial charge in [-0.1, -0.05) is 64.7 Å². The van der Waals surface area contributed by atoms with E-state index in [0.29, 0.717) is 0 Å². The number of aliphatic hydroxyl groups excluding tert-OH is 1. The van der Waals surface area contributed by atoms with Crippen LogP contribution < -0.4 is 4.72 Å². The van der Waals surface area contributed by atoms with E-state index < -0.39 is 10.0 Å². The van der Waals surface area contributed by atoms with Crippen LogP contribution in [0.1, 0.15) is 71.1 Å². The Labute approximate surface area is 119 Å². The number of sulfonamides is 1. The van der Waals surface area contributed by atoms with Crippen LogP contribution in [0.3, 0.4) is 0 Å². The molecule has 0 aliphatic heterocycles. The molecule has 0 spiro atoms. The van der Waals surface area contributed by atoms with Crippen LogP contribution in [0, 0.1) is 0 Å². The van der Waals surface area contributed by atoms with Crippen molar-refractivity contribution < 1.29 is 13.5 Å². The second-order valence-corrected chi connectivity index (χ2v) is 7.05. The van der Waals surface area contributed by atoms with Crippen LogP contribution in [0.5, 0.6) is 0 Å². The van der Waals surface area contributed by atoms with Gasteiger partial charge in [-0.15, -0.1) is 0 Å². The summed E-state index contributed by atoms with van der Waals surface area (Å²) in [5.74, 6) is 0.184. The van der Waals surface area contributed by atoms with Crippen molar-refractivity contribution >= 4 is 10.0 Å². The summed E-state index contributed by atoms with van der Waals surface area (Å²) in [6.45, 7) is 2.21. The Morgan fingerprint density at radius 1 is 0.842 bits per heavy atom. The van der Waals surface area contributed by atoms with E-state index in [4.69, 9.17) is 5.11 Å². The zero-order valence-corrected chi connectivity index (χ0v) is 13.2. The first-order valence-electron chi connectivity index (χ1n) is 7.70.